The molecule has 0 aliphatic carbocycles. The number of rotatable bonds is 7. The fourth-order valence-corrected chi connectivity index (χ4v) is 5.13. The van der Waals surface area contributed by atoms with Crippen molar-refractivity contribution >= 4 is 50.6 Å². The molecule has 0 bridgehead atoms. The van der Waals surface area contributed by atoms with Crippen LogP contribution in [0.3, 0.4) is 0 Å². The van der Waals surface area contributed by atoms with Gasteiger partial charge in [0.1, 0.15) is 5.82 Å². The van der Waals surface area contributed by atoms with Crippen molar-refractivity contribution in [2.24, 2.45) is 0 Å². The number of benzene rings is 1. The summed E-state index contributed by atoms with van der Waals surface area (Å²) in [5, 5.41) is -0.854. The van der Waals surface area contributed by atoms with Crippen molar-refractivity contribution in [3.8, 4) is 5.88 Å². The molecule has 1 N–H and O–H groups in total. The second-order valence-corrected chi connectivity index (χ2v) is 9.31. The van der Waals surface area contributed by atoms with E-state index in [0.717, 1.165) is 29.6 Å². The Morgan fingerprint density at radius 1 is 1.30 bits per heavy atom. The maximum absolute atomic E-state index is 13.8. The zero-order valence-electron chi connectivity index (χ0n) is 15.3. The van der Waals surface area contributed by atoms with Gasteiger partial charge in [-0.2, -0.15) is 13.4 Å². The van der Waals surface area contributed by atoms with Crippen LogP contribution >= 0.6 is 23.5 Å². The number of anilines is 1. The van der Waals surface area contributed by atoms with E-state index in [1.165, 1.54) is 25.3 Å². The Morgan fingerprint density at radius 3 is 2.80 bits per heavy atom. The van der Waals surface area contributed by atoms with E-state index in [2.05, 4.69) is 14.7 Å². The summed E-state index contributed by atoms with van der Waals surface area (Å²) in [4.78, 5) is 31.4. The molecule has 1 saturated heterocycles. The third-order valence-corrected chi connectivity index (χ3v) is 6.85. The first-order chi connectivity index (χ1) is 14.2. The lowest BCUT2D eigenvalue weighted by Crippen LogP contribution is -2.47. The molecule has 30 heavy (non-hydrogen) atoms. The number of nitrogens with zero attached hydrogens (tertiary/aromatic N) is 3. The Morgan fingerprint density at radius 2 is 2.07 bits per heavy atom. The number of halogens is 2. The Balaban J connectivity index is 1.81. The minimum absolute atomic E-state index is 0.00140. The first-order valence-electron chi connectivity index (χ1n) is 8.21. The van der Waals surface area contributed by atoms with Gasteiger partial charge >= 0.3 is 16.1 Å². The zero-order valence-corrected chi connectivity index (χ0v) is 17.7. The highest BCUT2D eigenvalue weighted by Gasteiger charge is 2.36. The van der Waals surface area contributed by atoms with E-state index in [-0.39, 0.29) is 40.5 Å². The minimum atomic E-state index is -4.40. The summed E-state index contributed by atoms with van der Waals surface area (Å²) in [6.45, 7) is -0.173. The molecule has 9 nitrogen and oxygen atoms in total. The molecule has 2 aromatic rings. The average molecular weight is 477 g/mol. The maximum Gasteiger partial charge on any atom is 0.327 e. The summed E-state index contributed by atoms with van der Waals surface area (Å²) in [7, 11) is -3.11. The van der Waals surface area contributed by atoms with Crippen LogP contribution in [-0.4, -0.2) is 53.1 Å². The Labute approximate surface area is 178 Å². The standard InChI is InChI=1S/C16H14F2N4O5S3/c1-27-12-7-11(21-30(25,26)22-5-6-28-15(24)14(22)23)19-16(20-12)29-8-9-3-2-4-10(17)13(9)18/h2-4,7H,5-6,8H2,1H3,(H,19,20,21). The summed E-state index contributed by atoms with van der Waals surface area (Å²) in [6, 6.07) is 4.92. The number of nitrogens with one attached hydrogen (secondary N) is 1. The minimum Gasteiger partial charge on any atom is -0.481 e. The lowest BCUT2D eigenvalue weighted by Gasteiger charge is -2.24. The van der Waals surface area contributed by atoms with Gasteiger partial charge < -0.3 is 4.74 Å². The molecule has 160 valence electrons. The number of methoxy groups -OCH3 is 1. The van der Waals surface area contributed by atoms with Crippen molar-refractivity contribution in [3.05, 3.63) is 41.5 Å². The Hall–Kier alpha value is -2.45. The van der Waals surface area contributed by atoms with Crippen molar-refractivity contribution < 1.29 is 31.5 Å². The number of hydrogen-bond donors (Lipinski definition) is 1. The van der Waals surface area contributed by atoms with Crippen molar-refractivity contribution in [3.63, 3.8) is 0 Å². The molecule has 14 heteroatoms. The van der Waals surface area contributed by atoms with Crippen LogP contribution in [-0.2, 0) is 25.6 Å². The molecule has 3 rings (SSSR count). The quantitative estimate of drug-likeness (QED) is 0.363. The summed E-state index contributed by atoms with van der Waals surface area (Å²) in [6.07, 6.45) is 0. The summed E-state index contributed by atoms with van der Waals surface area (Å²) in [5.41, 5.74) is 0.0727. The van der Waals surface area contributed by atoms with Gasteiger partial charge in [0.2, 0.25) is 5.88 Å². The van der Waals surface area contributed by atoms with Crippen molar-refractivity contribution in [2.45, 2.75) is 10.9 Å². The first kappa shape index (κ1) is 22.2. The van der Waals surface area contributed by atoms with Crippen LogP contribution in [0.1, 0.15) is 5.56 Å². The second kappa shape index (κ2) is 9.14. The van der Waals surface area contributed by atoms with E-state index in [1.54, 1.807) is 0 Å². The zero-order chi connectivity index (χ0) is 21.9. The average Bonchev–Trinajstić information content (AvgIpc) is 2.70. The monoisotopic (exact) mass is 476 g/mol. The van der Waals surface area contributed by atoms with Crippen LogP contribution in [0.2, 0.25) is 0 Å². The molecule has 1 fully saturated rings. The third kappa shape index (κ3) is 4.99. The summed E-state index contributed by atoms with van der Waals surface area (Å²) < 4.78 is 59.7. The maximum atomic E-state index is 13.8. The fraction of sp³-hybridized carbons (Fsp3) is 0.250. The molecule has 2 heterocycles. The topological polar surface area (TPSA) is 119 Å². The molecule has 0 unspecified atom stereocenters. The van der Waals surface area contributed by atoms with Gasteiger partial charge in [0.25, 0.3) is 5.12 Å². The van der Waals surface area contributed by atoms with E-state index in [1.807, 2.05) is 0 Å². The van der Waals surface area contributed by atoms with Crippen LogP contribution in [0.15, 0.2) is 29.4 Å². The molecular weight excluding hydrogens is 462 g/mol. The predicted molar refractivity (Wildman–Crippen MR) is 106 cm³/mol. The normalized spacial score (nSPS) is 14.7. The van der Waals surface area contributed by atoms with Crippen molar-refractivity contribution in [1.82, 2.24) is 14.3 Å². The molecule has 1 amide bonds. The number of carbonyl (C=O) groups is 2. The van der Waals surface area contributed by atoms with E-state index >= 15 is 0 Å². The van der Waals surface area contributed by atoms with Gasteiger partial charge in [-0.3, -0.25) is 9.59 Å². The van der Waals surface area contributed by atoms with Gasteiger partial charge in [-0.05, 0) is 6.07 Å². The van der Waals surface area contributed by atoms with Crippen LogP contribution in [0, 0.1) is 11.6 Å². The second-order valence-electron chi connectivity index (χ2n) is 5.70. The van der Waals surface area contributed by atoms with Crippen LogP contribution in [0.4, 0.5) is 14.6 Å². The van der Waals surface area contributed by atoms with E-state index in [0.29, 0.717) is 4.31 Å². The Bertz CT molecular complexity index is 1100. The van der Waals surface area contributed by atoms with Crippen LogP contribution in [0.25, 0.3) is 0 Å². The van der Waals surface area contributed by atoms with E-state index < -0.39 is 32.9 Å². The highest BCUT2D eigenvalue weighted by atomic mass is 32.2. The lowest BCUT2D eigenvalue weighted by atomic mass is 10.2. The van der Waals surface area contributed by atoms with Gasteiger partial charge in [-0.1, -0.05) is 35.7 Å². The smallest absolute Gasteiger partial charge is 0.327 e. The van der Waals surface area contributed by atoms with Gasteiger partial charge in [-0.25, -0.2) is 22.8 Å². The number of ether oxygens (including phenoxy) is 1. The number of carbonyl (C=O) groups excluding carboxylic acids is 2. The largest absolute Gasteiger partial charge is 0.481 e. The van der Waals surface area contributed by atoms with Gasteiger partial charge in [0, 0.05) is 29.7 Å². The number of thioether (sulfide) groups is 2. The molecule has 0 spiro atoms. The number of hydrogen-bond acceptors (Lipinski definition) is 9. The van der Waals surface area contributed by atoms with Crippen LogP contribution < -0.4 is 9.46 Å². The molecule has 1 aliphatic heterocycles. The molecule has 1 aromatic heterocycles. The van der Waals surface area contributed by atoms with E-state index in [9.17, 15) is 26.8 Å². The van der Waals surface area contributed by atoms with Gasteiger partial charge in [-0.15, -0.1) is 0 Å². The summed E-state index contributed by atoms with van der Waals surface area (Å²) >= 11 is 1.66. The molecule has 0 radical (unpaired) electrons. The highest BCUT2D eigenvalue weighted by Crippen LogP contribution is 2.26. The van der Waals surface area contributed by atoms with E-state index in [4.69, 9.17) is 4.74 Å². The Kier molecular flexibility index (Phi) is 6.77. The SMILES string of the molecule is COc1cc(NS(=O)(=O)N2CCSC(=O)C2=O)nc(SCc2cccc(F)c2F)n1. The predicted octanol–water partition coefficient (Wildman–Crippen LogP) is 1.81. The molecule has 1 aromatic carbocycles. The van der Waals surface area contributed by atoms with Crippen molar-refractivity contribution in [1.29, 1.82) is 0 Å². The third-order valence-electron chi connectivity index (χ3n) is 3.73. The number of aromatic nitrogens is 2. The molecular formula is C16H14F2N4O5S3. The fourth-order valence-electron chi connectivity index (χ4n) is 2.33. The van der Waals surface area contributed by atoms with Crippen LogP contribution in [0.5, 0.6) is 5.88 Å². The van der Waals surface area contributed by atoms with Gasteiger partial charge in [0.15, 0.2) is 16.8 Å². The van der Waals surface area contributed by atoms with Gasteiger partial charge in [0.05, 0.1) is 7.11 Å². The molecule has 0 saturated carbocycles. The highest BCUT2D eigenvalue weighted by molar-refractivity contribution is 8.15. The molecule has 0 atom stereocenters. The first-order valence-corrected chi connectivity index (χ1v) is 11.6. The molecule has 1 aliphatic rings. The lowest BCUT2D eigenvalue weighted by molar-refractivity contribution is -0.137. The van der Waals surface area contributed by atoms with Crippen molar-refractivity contribution in [2.75, 3.05) is 24.1 Å². The summed E-state index contributed by atoms with van der Waals surface area (Å²) in [5.74, 6) is -3.26. The number of amides is 1.